The van der Waals surface area contributed by atoms with Crippen molar-refractivity contribution in [2.24, 2.45) is 5.16 Å². The van der Waals surface area contributed by atoms with Gasteiger partial charge in [-0.3, -0.25) is 0 Å². The predicted octanol–water partition coefficient (Wildman–Crippen LogP) is 4.81. The number of anilines is 1. The van der Waals surface area contributed by atoms with Crippen molar-refractivity contribution in [3.8, 4) is 5.75 Å². The number of rotatable bonds is 7. The Hall–Kier alpha value is -2.73. The van der Waals surface area contributed by atoms with Gasteiger partial charge in [-0.2, -0.15) is 0 Å². The van der Waals surface area contributed by atoms with E-state index in [1.807, 2.05) is 42.5 Å². The standard InChI is InChI=1S/C21H24ClN3O3/c22-17-7-9-20(10-8-17)27-15-4-16-28-24-19-11-13-25(14-12-19)21(26)23-18-5-2-1-3-6-18/h1-3,5-10H,4,11-16H2,(H,23,26). The van der Waals surface area contributed by atoms with E-state index in [0.29, 0.717) is 31.3 Å². The van der Waals surface area contributed by atoms with Crippen LogP contribution in [0.25, 0.3) is 0 Å². The molecule has 0 aliphatic carbocycles. The Labute approximate surface area is 170 Å². The largest absolute Gasteiger partial charge is 0.493 e. The average Bonchev–Trinajstić information content (AvgIpc) is 2.73. The second-order valence-corrected chi connectivity index (χ2v) is 6.87. The molecule has 0 bridgehead atoms. The van der Waals surface area contributed by atoms with Crippen LogP contribution >= 0.6 is 11.6 Å². The first-order valence-electron chi connectivity index (χ1n) is 9.38. The summed E-state index contributed by atoms with van der Waals surface area (Å²) in [6.45, 7) is 2.33. The number of piperidine rings is 1. The number of para-hydroxylation sites is 1. The van der Waals surface area contributed by atoms with Crippen LogP contribution < -0.4 is 10.1 Å². The number of ether oxygens (including phenoxy) is 1. The molecule has 0 unspecified atom stereocenters. The quantitative estimate of drug-likeness (QED) is 0.535. The number of amides is 2. The predicted molar refractivity (Wildman–Crippen MR) is 111 cm³/mol. The highest BCUT2D eigenvalue weighted by Crippen LogP contribution is 2.15. The number of hydrogen-bond donors (Lipinski definition) is 1. The number of nitrogens with zero attached hydrogens (tertiary/aromatic N) is 2. The van der Waals surface area contributed by atoms with Gasteiger partial charge >= 0.3 is 6.03 Å². The third kappa shape index (κ3) is 6.46. The molecule has 6 nitrogen and oxygen atoms in total. The van der Waals surface area contributed by atoms with Crippen LogP contribution in [0.15, 0.2) is 59.8 Å². The molecular formula is C21H24ClN3O3. The maximum absolute atomic E-state index is 12.3. The van der Waals surface area contributed by atoms with Crippen LogP contribution in [0.5, 0.6) is 5.75 Å². The number of carbonyl (C=O) groups excluding carboxylic acids is 1. The number of hydrogen-bond acceptors (Lipinski definition) is 4. The van der Waals surface area contributed by atoms with E-state index in [9.17, 15) is 4.79 Å². The molecule has 28 heavy (non-hydrogen) atoms. The Morgan fingerprint density at radius 2 is 1.75 bits per heavy atom. The van der Waals surface area contributed by atoms with Crippen LogP contribution in [0.1, 0.15) is 19.3 Å². The fourth-order valence-corrected chi connectivity index (χ4v) is 2.89. The number of oxime groups is 1. The molecule has 0 aromatic heterocycles. The maximum Gasteiger partial charge on any atom is 0.321 e. The van der Waals surface area contributed by atoms with Crippen molar-refractivity contribution in [1.82, 2.24) is 4.90 Å². The molecule has 0 atom stereocenters. The van der Waals surface area contributed by atoms with Crippen molar-refractivity contribution < 1.29 is 14.4 Å². The number of carbonyl (C=O) groups is 1. The summed E-state index contributed by atoms with van der Waals surface area (Å²) in [5.74, 6) is 0.789. The molecule has 2 amide bonds. The SMILES string of the molecule is O=C(Nc1ccccc1)N1CCC(=NOCCCOc2ccc(Cl)cc2)CC1. The number of halogens is 1. The summed E-state index contributed by atoms with van der Waals surface area (Å²) in [5.41, 5.74) is 1.79. The lowest BCUT2D eigenvalue weighted by Crippen LogP contribution is -2.41. The first-order chi connectivity index (χ1) is 13.7. The molecule has 1 aliphatic rings. The highest BCUT2D eigenvalue weighted by atomic mass is 35.5. The Morgan fingerprint density at radius 1 is 1.04 bits per heavy atom. The molecule has 1 N–H and O–H groups in total. The van der Waals surface area contributed by atoms with E-state index in [-0.39, 0.29) is 6.03 Å². The van der Waals surface area contributed by atoms with Gasteiger partial charge in [0.1, 0.15) is 12.4 Å². The lowest BCUT2D eigenvalue weighted by Gasteiger charge is -2.27. The summed E-state index contributed by atoms with van der Waals surface area (Å²) in [6, 6.07) is 16.7. The van der Waals surface area contributed by atoms with Crippen molar-refractivity contribution in [1.29, 1.82) is 0 Å². The normalized spacial score (nSPS) is 13.8. The van der Waals surface area contributed by atoms with Crippen molar-refractivity contribution in [2.45, 2.75) is 19.3 Å². The Bertz CT molecular complexity index is 771. The molecule has 0 spiro atoms. The van der Waals surface area contributed by atoms with Gasteiger partial charge in [-0.1, -0.05) is 35.0 Å². The van der Waals surface area contributed by atoms with Gasteiger partial charge in [0, 0.05) is 43.1 Å². The third-order valence-electron chi connectivity index (χ3n) is 4.31. The van der Waals surface area contributed by atoms with Crippen molar-refractivity contribution in [2.75, 3.05) is 31.6 Å². The number of urea groups is 1. The van der Waals surface area contributed by atoms with Gasteiger partial charge in [0.15, 0.2) is 0 Å². The second kappa shape index (κ2) is 10.6. The molecule has 1 aliphatic heterocycles. The Kier molecular flexibility index (Phi) is 7.55. The molecule has 1 saturated heterocycles. The topological polar surface area (TPSA) is 63.2 Å². The number of nitrogens with one attached hydrogen (secondary N) is 1. The van der Waals surface area contributed by atoms with Crippen LogP contribution in [0.3, 0.4) is 0 Å². The van der Waals surface area contributed by atoms with Crippen molar-refractivity contribution in [3.63, 3.8) is 0 Å². The lowest BCUT2D eigenvalue weighted by atomic mass is 10.1. The first kappa shape index (κ1) is 20.0. The zero-order valence-electron chi connectivity index (χ0n) is 15.6. The number of benzene rings is 2. The van der Waals surface area contributed by atoms with Crippen LogP contribution in [-0.2, 0) is 4.84 Å². The molecule has 3 rings (SSSR count). The van der Waals surface area contributed by atoms with Gasteiger partial charge in [-0.15, -0.1) is 0 Å². The lowest BCUT2D eigenvalue weighted by molar-refractivity contribution is 0.125. The Morgan fingerprint density at radius 3 is 2.46 bits per heavy atom. The smallest absolute Gasteiger partial charge is 0.321 e. The van der Waals surface area contributed by atoms with Crippen LogP contribution in [0.2, 0.25) is 5.02 Å². The minimum Gasteiger partial charge on any atom is -0.493 e. The van der Waals surface area contributed by atoms with E-state index in [0.717, 1.165) is 36.4 Å². The second-order valence-electron chi connectivity index (χ2n) is 6.43. The van der Waals surface area contributed by atoms with Gasteiger partial charge in [-0.05, 0) is 36.4 Å². The van der Waals surface area contributed by atoms with E-state index < -0.39 is 0 Å². The summed E-state index contributed by atoms with van der Waals surface area (Å²) in [7, 11) is 0. The van der Waals surface area contributed by atoms with Crippen molar-refractivity contribution >= 4 is 29.0 Å². The molecule has 1 fully saturated rings. The summed E-state index contributed by atoms with van der Waals surface area (Å²) in [6.07, 6.45) is 2.19. The van der Waals surface area contributed by atoms with E-state index in [1.54, 1.807) is 17.0 Å². The molecule has 148 valence electrons. The minimum atomic E-state index is -0.0782. The number of likely N-dealkylation sites (tertiary alicyclic amines) is 1. The highest BCUT2D eigenvalue weighted by molar-refractivity contribution is 6.30. The van der Waals surface area contributed by atoms with Gasteiger partial charge in [0.2, 0.25) is 0 Å². The first-order valence-corrected chi connectivity index (χ1v) is 9.75. The van der Waals surface area contributed by atoms with Crippen LogP contribution in [0, 0.1) is 0 Å². The average molecular weight is 402 g/mol. The Balaban J connectivity index is 1.29. The summed E-state index contributed by atoms with van der Waals surface area (Å²) >= 11 is 5.84. The van der Waals surface area contributed by atoms with E-state index in [2.05, 4.69) is 10.5 Å². The zero-order valence-corrected chi connectivity index (χ0v) is 16.4. The third-order valence-corrected chi connectivity index (χ3v) is 4.56. The summed E-state index contributed by atoms with van der Waals surface area (Å²) in [4.78, 5) is 19.5. The van der Waals surface area contributed by atoms with Crippen LogP contribution in [0.4, 0.5) is 10.5 Å². The maximum atomic E-state index is 12.3. The highest BCUT2D eigenvalue weighted by Gasteiger charge is 2.20. The minimum absolute atomic E-state index is 0.0782. The fourth-order valence-electron chi connectivity index (χ4n) is 2.76. The molecule has 0 radical (unpaired) electrons. The van der Waals surface area contributed by atoms with E-state index in [4.69, 9.17) is 21.2 Å². The molecule has 0 saturated carbocycles. The molecule has 2 aromatic rings. The fraction of sp³-hybridized carbons (Fsp3) is 0.333. The van der Waals surface area contributed by atoms with Gasteiger partial charge < -0.3 is 19.8 Å². The molecule has 7 heteroatoms. The molecular weight excluding hydrogens is 378 g/mol. The van der Waals surface area contributed by atoms with Crippen LogP contribution in [-0.4, -0.2) is 42.9 Å². The molecule has 1 heterocycles. The zero-order chi connectivity index (χ0) is 19.6. The van der Waals surface area contributed by atoms with Gasteiger partial charge in [0.05, 0.1) is 12.3 Å². The summed E-state index contributed by atoms with van der Waals surface area (Å²) in [5, 5.41) is 7.80. The van der Waals surface area contributed by atoms with Gasteiger partial charge in [-0.25, -0.2) is 4.79 Å². The van der Waals surface area contributed by atoms with E-state index in [1.165, 1.54) is 0 Å². The van der Waals surface area contributed by atoms with E-state index >= 15 is 0 Å². The summed E-state index contributed by atoms with van der Waals surface area (Å²) < 4.78 is 5.60. The monoisotopic (exact) mass is 401 g/mol. The molecule has 2 aromatic carbocycles. The van der Waals surface area contributed by atoms with Gasteiger partial charge in [0.25, 0.3) is 0 Å². The van der Waals surface area contributed by atoms with Crippen molar-refractivity contribution in [3.05, 3.63) is 59.6 Å².